The molecule has 0 aromatic rings. The molecule has 0 aliphatic heterocycles. The van der Waals surface area contributed by atoms with Crippen LogP contribution >= 0.6 is 0 Å². The van der Waals surface area contributed by atoms with Crippen LogP contribution in [0.2, 0.25) is 0 Å². The maximum atomic E-state index is 8.25. The summed E-state index contributed by atoms with van der Waals surface area (Å²) >= 11 is 0. The molecule has 14 heavy (non-hydrogen) atoms. The normalized spacial score (nSPS) is 5.14. The predicted molar refractivity (Wildman–Crippen MR) is 34.7 cm³/mol. The number of hydrogen-bond acceptors (Lipinski definition) is 9. The Kier molecular flexibility index (Phi) is 47.4. The molecule has 86 valence electrons. The van der Waals surface area contributed by atoms with Crippen LogP contribution in [-0.4, -0.2) is 20.7 Å². The van der Waals surface area contributed by atoms with Gasteiger partial charge >= 0.3 is 20.1 Å². The van der Waals surface area contributed by atoms with Gasteiger partial charge in [-0.1, -0.05) is 0 Å². The third-order valence-corrected chi connectivity index (χ3v) is 0. The zero-order valence-corrected chi connectivity index (χ0v) is 8.24. The van der Waals surface area contributed by atoms with Crippen molar-refractivity contribution in [3.63, 3.8) is 0 Å². The van der Waals surface area contributed by atoms with Crippen LogP contribution in [0.15, 0.2) is 0 Å². The minimum Gasteiger partial charge on any atom is -0.412 e. The molecule has 2 N–H and O–H groups in total. The number of rotatable bonds is 0. The van der Waals surface area contributed by atoms with Crippen LogP contribution in [0, 0.1) is 46.0 Å². The summed E-state index contributed by atoms with van der Waals surface area (Å²) in [6.07, 6.45) is 0. The fourth-order valence-electron chi connectivity index (χ4n) is 0. The molecule has 0 aromatic heterocycles. The van der Waals surface area contributed by atoms with Crippen LogP contribution in [-0.2, 0) is 20.1 Å². The van der Waals surface area contributed by atoms with Crippen LogP contribution in [0.3, 0.4) is 0 Å². The summed E-state index contributed by atoms with van der Waals surface area (Å²) in [7, 11) is 0. The SMILES string of the molecule is O.O=[N+]([O-])[O-].O=[N+]([O-])[O-].O=[N+]([O-])[O-].[Ir+3]. The maximum absolute atomic E-state index is 8.25. The van der Waals surface area contributed by atoms with Gasteiger partial charge in [-0.15, -0.1) is 0 Å². The Balaban J connectivity index is -0.0000000270. The Hall–Kier alpha value is -1.79. The van der Waals surface area contributed by atoms with E-state index in [0.717, 1.165) is 0 Å². The van der Waals surface area contributed by atoms with E-state index in [1.165, 1.54) is 0 Å². The average Bonchev–Trinajstić information content (AvgIpc) is 1.54. The third kappa shape index (κ3) is 270. The molecule has 0 saturated carbocycles. The van der Waals surface area contributed by atoms with Gasteiger partial charge in [0.2, 0.25) is 0 Å². The van der Waals surface area contributed by atoms with Crippen molar-refractivity contribution >= 4 is 0 Å². The molecule has 0 bridgehead atoms. The zero-order valence-electron chi connectivity index (χ0n) is 5.85. The van der Waals surface area contributed by atoms with Crippen LogP contribution in [0.5, 0.6) is 0 Å². The molecule has 0 radical (unpaired) electrons. The number of nitrogens with zero attached hydrogens (tertiary/aromatic N) is 3. The van der Waals surface area contributed by atoms with Crippen molar-refractivity contribution in [2.45, 2.75) is 0 Å². The third-order valence-electron chi connectivity index (χ3n) is 0. The van der Waals surface area contributed by atoms with Crippen LogP contribution in [0.1, 0.15) is 0 Å². The standard InChI is InChI=1S/Ir.3NO3.H2O/c;3*2-1(3)4;/h;;;;1H2/q+3;3*-1;. The van der Waals surface area contributed by atoms with E-state index in [9.17, 15) is 0 Å². The fraction of sp³-hybridized carbons (Fsp3) is 0. The molecule has 0 fully saturated rings. The molecule has 14 heteroatoms. The van der Waals surface area contributed by atoms with Gasteiger partial charge in [0.15, 0.2) is 0 Å². The topological polar surface area (TPSA) is 230 Å². The summed E-state index contributed by atoms with van der Waals surface area (Å²) in [6.45, 7) is 0. The summed E-state index contributed by atoms with van der Waals surface area (Å²) in [5.41, 5.74) is 0. The quantitative estimate of drug-likeness (QED) is 0.340. The Labute approximate surface area is 87.5 Å². The predicted octanol–water partition coefficient (Wildman–Crippen LogP) is -1.54. The van der Waals surface area contributed by atoms with E-state index < -0.39 is 15.3 Å². The van der Waals surface area contributed by atoms with Gasteiger partial charge < -0.3 is 51.4 Å². The van der Waals surface area contributed by atoms with Gasteiger partial charge in [0.25, 0.3) is 0 Å². The number of hydrogen-bond donors (Lipinski definition) is 0. The van der Waals surface area contributed by atoms with Crippen molar-refractivity contribution < 1.29 is 40.8 Å². The monoisotopic (exact) mass is 397 g/mol. The second kappa shape index (κ2) is 22.5. The summed E-state index contributed by atoms with van der Waals surface area (Å²) in [4.78, 5) is 24.8. The molecule has 0 rings (SSSR count). The van der Waals surface area contributed by atoms with Crippen molar-refractivity contribution in [2.75, 3.05) is 0 Å². The molecule has 0 unspecified atom stereocenters. The van der Waals surface area contributed by atoms with Gasteiger partial charge in [-0.25, -0.2) is 0 Å². The Morgan fingerprint density at radius 2 is 0.571 bits per heavy atom. The second-order valence-corrected chi connectivity index (χ2v) is 0.671. The van der Waals surface area contributed by atoms with Gasteiger partial charge in [-0.2, -0.15) is 0 Å². The minimum absolute atomic E-state index is 0. The molecule has 0 aliphatic rings. The summed E-state index contributed by atoms with van der Waals surface area (Å²) in [6, 6.07) is 0. The molecule has 0 atom stereocenters. The Bertz CT molecular complexity index is 113. The molecule has 0 aliphatic carbocycles. The summed E-state index contributed by atoms with van der Waals surface area (Å²) < 4.78 is 0. The van der Waals surface area contributed by atoms with Crippen molar-refractivity contribution in [2.24, 2.45) is 0 Å². The first-order chi connectivity index (χ1) is 5.20. The first-order valence-corrected chi connectivity index (χ1v) is 1.64. The van der Waals surface area contributed by atoms with E-state index >= 15 is 0 Å². The minimum atomic E-state index is -1.75. The first-order valence-electron chi connectivity index (χ1n) is 1.64. The van der Waals surface area contributed by atoms with Gasteiger partial charge in [0, 0.05) is 0 Å². The second-order valence-electron chi connectivity index (χ2n) is 0.671. The Morgan fingerprint density at radius 3 is 0.571 bits per heavy atom. The molecule has 0 amide bonds. The largest absolute Gasteiger partial charge is 3.00 e. The molecule has 13 nitrogen and oxygen atoms in total. The van der Waals surface area contributed by atoms with E-state index in [2.05, 4.69) is 0 Å². The van der Waals surface area contributed by atoms with Gasteiger partial charge in [0.1, 0.15) is 0 Å². The van der Waals surface area contributed by atoms with E-state index in [1.807, 2.05) is 0 Å². The van der Waals surface area contributed by atoms with E-state index in [1.54, 1.807) is 0 Å². The van der Waals surface area contributed by atoms with Crippen molar-refractivity contribution in [3.05, 3.63) is 46.0 Å². The van der Waals surface area contributed by atoms with E-state index in [0.29, 0.717) is 0 Å². The van der Waals surface area contributed by atoms with Gasteiger partial charge in [0.05, 0.1) is 15.3 Å². The fourth-order valence-corrected chi connectivity index (χ4v) is 0. The smallest absolute Gasteiger partial charge is 0.412 e. The van der Waals surface area contributed by atoms with Gasteiger partial charge in [-0.3, -0.25) is 0 Å². The van der Waals surface area contributed by atoms with E-state index in [4.69, 9.17) is 46.0 Å². The van der Waals surface area contributed by atoms with E-state index in [-0.39, 0.29) is 25.6 Å². The maximum Gasteiger partial charge on any atom is 3.00 e. The molecule has 0 heterocycles. The molecule has 0 aromatic carbocycles. The van der Waals surface area contributed by atoms with Crippen LogP contribution < -0.4 is 0 Å². The van der Waals surface area contributed by atoms with Crippen molar-refractivity contribution in [1.29, 1.82) is 0 Å². The van der Waals surface area contributed by atoms with Crippen molar-refractivity contribution in [3.8, 4) is 0 Å². The van der Waals surface area contributed by atoms with Crippen LogP contribution in [0.25, 0.3) is 0 Å². The molecular formula is H2IrN3O10. The zero-order chi connectivity index (χ0) is 10.7. The summed E-state index contributed by atoms with van der Waals surface area (Å²) in [5, 5.41) is 44.2. The van der Waals surface area contributed by atoms with Crippen LogP contribution in [0.4, 0.5) is 0 Å². The molecule has 0 spiro atoms. The molecular weight excluding hydrogens is 394 g/mol. The van der Waals surface area contributed by atoms with Crippen molar-refractivity contribution in [1.82, 2.24) is 0 Å². The molecule has 0 saturated heterocycles. The van der Waals surface area contributed by atoms with Gasteiger partial charge in [-0.05, 0) is 0 Å². The summed E-state index contributed by atoms with van der Waals surface area (Å²) in [5.74, 6) is 0. The average molecular weight is 396 g/mol. The Morgan fingerprint density at radius 1 is 0.571 bits per heavy atom. The first kappa shape index (κ1) is 29.5.